The number of hydrogen-bond donors (Lipinski definition) is 0. The molecule has 2 aromatic rings. The van der Waals surface area contributed by atoms with Gasteiger partial charge in [0.05, 0.1) is 0 Å². The van der Waals surface area contributed by atoms with Gasteiger partial charge in [-0.25, -0.2) is 0 Å². The van der Waals surface area contributed by atoms with E-state index >= 15 is 0 Å². The number of nitrogens with zero attached hydrogens (tertiary/aromatic N) is 2. The number of carbonyl (C=O) groups is 2. The van der Waals surface area contributed by atoms with Gasteiger partial charge in [-0.3, -0.25) is 9.59 Å². The molecule has 0 heterocycles. The van der Waals surface area contributed by atoms with Crippen molar-refractivity contribution in [2.45, 2.75) is 52.0 Å². The second-order valence-corrected chi connectivity index (χ2v) is 7.06. The summed E-state index contributed by atoms with van der Waals surface area (Å²) < 4.78 is 10.9. The summed E-state index contributed by atoms with van der Waals surface area (Å²) in [7, 11) is 0. The third-order valence-electron chi connectivity index (χ3n) is 3.95. The second-order valence-electron chi connectivity index (χ2n) is 7.06. The first kappa shape index (κ1) is 21.3. The Hall–Kier alpha value is -3.02. The lowest BCUT2D eigenvalue weighted by atomic mass is 10.0. The van der Waals surface area contributed by atoms with E-state index in [4.69, 9.17) is 9.47 Å². The molecule has 0 spiro atoms. The zero-order valence-electron chi connectivity index (χ0n) is 16.7. The van der Waals surface area contributed by atoms with Crippen LogP contribution in [0.15, 0.2) is 70.9 Å². The second kappa shape index (κ2) is 9.26. The molecule has 148 valence electrons. The van der Waals surface area contributed by atoms with Gasteiger partial charge in [0.1, 0.15) is 0 Å². The Morgan fingerprint density at radius 2 is 1.04 bits per heavy atom. The molecule has 0 saturated carbocycles. The van der Waals surface area contributed by atoms with E-state index < -0.39 is 23.4 Å². The Labute approximate surface area is 165 Å². The van der Waals surface area contributed by atoms with Crippen molar-refractivity contribution in [3.63, 3.8) is 0 Å². The van der Waals surface area contributed by atoms with E-state index in [1.807, 2.05) is 60.7 Å². The van der Waals surface area contributed by atoms with Gasteiger partial charge in [-0.15, -0.1) is 10.2 Å². The van der Waals surface area contributed by atoms with E-state index in [1.54, 1.807) is 13.8 Å². The Kier molecular flexibility index (Phi) is 7.04. The van der Waals surface area contributed by atoms with Crippen molar-refractivity contribution in [1.29, 1.82) is 0 Å². The fraction of sp³-hybridized carbons (Fsp3) is 0.364. The van der Waals surface area contributed by atoms with Crippen LogP contribution in [-0.2, 0) is 31.9 Å². The maximum atomic E-state index is 11.6. The molecule has 6 nitrogen and oxygen atoms in total. The highest BCUT2D eigenvalue weighted by molar-refractivity contribution is 5.67. The zero-order chi connectivity index (χ0) is 20.6. The topological polar surface area (TPSA) is 77.3 Å². The fourth-order valence-corrected chi connectivity index (χ4v) is 2.96. The average molecular weight is 382 g/mol. The van der Waals surface area contributed by atoms with Crippen LogP contribution in [0.2, 0.25) is 0 Å². The van der Waals surface area contributed by atoms with Crippen LogP contribution in [0.3, 0.4) is 0 Å². The Bertz CT molecular complexity index is 753. The number of rotatable bonds is 8. The zero-order valence-corrected chi connectivity index (χ0v) is 16.7. The van der Waals surface area contributed by atoms with Gasteiger partial charge in [-0.05, 0) is 25.0 Å². The molecule has 0 aromatic heterocycles. The van der Waals surface area contributed by atoms with Gasteiger partial charge in [0.15, 0.2) is 0 Å². The number of benzene rings is 2. The minimum absolute atomic E-state index is 0.346. The first-order valence-electron chi connectivity index (χ1n) is 9.11. The van der Waals surface area contributed by atoms with Crippen LogP contribution in [0.5, 0.6) is 0 Å². The van der Waals surface area contributed by atoms with Crippen LogP contribution < -0.4 is 0 Å². The normalized spacial score (nSPS) is 15.4. The van der Waals surface area contributed by atoms with E-state index in [0.717, 1.165) is 11.1 Å². The molecule has 2 rings (SSSR count). The molecule has 0 radical (unpaired) electrons. The predicted molar refractivity (Wildman–Crippen MR) is 105 cm³/mol. The highest BCUT2D eigenvalue weighted by atomic mass is 16.6. The Morgan fingerprint density at radius 1 is 0.714 bits per heavy atom. The fourth-order valence-electron chi connectivity index (χ4n) is 2.96. The lowest BCUT2D eigenvalue weighted by Crippen LogP contribution is -2.35. The SMILES string of the molecule is CC(=O)OC(C)(Cc1ccccc1)N=NC(C)(Cc1ccccc1)OC(C)=O. The van der Waals surface area contributed by atoms with E-state index in [1.165, 1.54) is 13.8 Å². The predicted octanol–water partition coefficient (Wildman–Crippen LogP) is 4.48. The van der Waals surface area contributed by atoms with E-state index in [-0.39, 0.29) is 0 Å². The van der Waals surface area contributed by atoms with Crippen molar-refractivity contribution in [3.8, 4) is 0 Å². The van der Waals surface area contributed by atoms with Crippen molar-refractivity contribution in [2.24, 2.45) is 10.2 Å². The molecule has 0 amide bonds. The molecule has 28 heavy (non-hydrogen) atoms. The van der Waals surface area contributed by atoms with Gasteiger partial charge in [0, 0.05) is 26.7 Å². The number of esters is 2. The number of hydrogen-bond acceptors (Lipinski definition) is 6. The molecule has 0 N–H and O–H groups in total. The van der Waals surface area contributed by atoms with Gasteiger partial charge >= 0.3 is 11.9 Å². The van der Waals surface area contributed by atoms with Crippen LogP contribution >= 0.6 is 0 Å². The van der Waals surface area contributed by atoms with Crippen LogP contribution in [0.1, 0.15) is 38.8 Å². The summed E-state index contributed by atoms with van der Waals surface area (Å²) in [6.45, 7) is 6.02. The average Bonchev–Trinajstić information content (AvgIpc) is 2.60. The van der Waals surface area contributed by atoms with Crippen molar-refractivity contribution in [2.75, 3.05) is 0 Å². The van der Waals surface area contributed by atoms with Gasteiger partial charge in [0.25, 0.3) is 0 Å². The lowest BCUT2D eigenvalue weighted by Gasteiger charge is -2.28. The molecule has 0 aliphatic heterocycles. The lowest BCUT2D eigenvalue weighted by molar-refractivity contribution is -0.160. The van der Waals surface area contributed by atoms with Crippen molar-refractivity contribution in [3.05, 3.63) is 71.8 Å². The summed E-state index contributed by atoms with van der Waals surface area (Å²) in [5.41, 5.74) is -0.541. The third-order valence-corrected chi connectivity index (χ3v) is 3.95. The van der Waals surface area contributed by atoms with Crippen molar-refractivity contribution >= 4 is 11.9 Å². The summed E-state index contributed by atoms with van der Waals surface area (Å²) in [4.78, 5) is 23.3. The smallest absolute Gasteiger partial charge is 0.304 e. The Morgan fingerprint density at radius 3 is 1.32 bits per heavy atom. The van der Waals surface area contributed by atoms with Gasteiger partial charge in [0.2, 0.25) is 11.4 Å². The molecular weight excluding hydrogens is 356 g/mol. The maximum Gasteiger partial charge on any atom is 0.304 e. The summed E-state index contributed by atoms with van der Waals surface area (Å²) in [6.07, 6.45) is 0.691. The van der Waals surface area contributed by atoms with Crippen LogP contribution in [0, 0.1) is 0 Å². The minimum Gasteiger partial charge on any atom is -0.436 e. The van der Waals surface area contributed by atoms with E-state index in [0.29, 0.717) is 12.8 Å². The summed E-state index contributed by atoms with van der Waals surface area (Å²) in [5, 5.41) is 8.63. The highest BCUT2D eigenvalue weighted by Crippen LogP contribution is 2.26. The highest BCUT2D eigenvalue weighted by Gasteiger charge is 2.33. The quantitative estimate of drug-likeness (QED) is 0.498. The number of ether oxygens (including phenoxy) is 2. The summed E-state index contributed by atoms with van der Waals surface area (Å²) >= 11 is 0. The maximum absolute atomic E-state index is 11.6. The first-order valence-corrected chi connectivity index (χ1v) is 9.11. The first-order chi connectivity index (χ1) is 13.2. The monoisotopic (exact) mass is 382 g/mol. The number of carbonyl (C=O) groups excluding carboxylic acids is 2. The minimum atomic E-state index is -1.22. The molecular formula is C22H26N2O4. The van der Waals surface area contributed by atoms with E-state index in [2.05, 4.69) is 10.2 Å². The molecule has 2 aromatic carbocycles. The molecule has 2 unspecified atom stereocenters. The van der Waals surface area contributed by atoms with Crippen LogP contribution in [-0.4, -0.2) is 23.4 Å². The van der Waals surface area contributed by atoms with Gasteiger partial charge in [-0.2, -0.15) is 0 Å². The largest absolute Gasteiger partial charge is 0.436 e. The third kappa shape index (κ3) is 6.95. The Balaban J connectivity index is 2.30. The molecule has 6 heteroatoms. The van der Waals surface area contributed by atoms with Crippen molar-refractivity contribution < 1.29 is 19.1 Å². The van der Waals surface area contributed by atoms with Gasteiger partial charge < -0.3 is 9.47 Å². The van der Waals surface area contributed by atoms with Gasteiger partial charge in [-0.1, -0.05) is 60.7 Å². The molecule has 0 aliphatic rings. The van der Waals surface area contributed by atoms with Crippen molar-refractivity contribution in [1.82, 2.24) is 0 Å². The number of azo groups is 1. The van der Waals surface area contributed by atoms with Crippen LogP contribution in [0.4, 0.5) is 0 Å². The molecule has 0 aliphatic carbocycles. The van der Waals surface area contributed by atoms with E-state index in [9.17, 15) is 9.59 Å². The summed E-state index contributed by atoms with van der Waals surface area (Å²) in [6, 6.07) is 19.1. The molecule has 2 atom stereocenters. The summed E-state index contributed by atoms with van der Waals surface area (Å²) in [5.74, 6) is -0.927. The van der Waals surface area contributed by atoms with Crippen LogP contribution in [0.25, 0.3) is 0 Å². The molecule has 0 bridgehead atoms. The standard InChI is InChI=1S/C22H26N2O4/c1-17(25)27-21(3,15-19-11-7-5-8-12-19)23-24-22(4,28-18(2)26)16-20-13-9-6-10-14-20/h5-14H,15-16H2,1-4H3. The molecule has 0 saturated heterocycles. The molecule has 0 fully saturated rings.